The van der Waals surface area contributed by atoms with Crippen molar-refractivity contribution in [2.45, 2.75) is 65.1 Å². The van der Waals surface area contributed by atoms with Crippen LogP contribution in [0.25, 0.3) is 0 Å². The van der Waals surface area contributed by atoms with Gasteiger partial charge in [-0.15, -0.1) is 0 Å². The molecule has 0 aromatic rings. The molecule has 0 aliphatic carbocycles. The van der Waals surface area contributed by atoms with Gasteiger partial charge in [-0.05, 0) is 34.6 Å². The Bertz CT molecular complexity index is 156. The first-order chi connectivity index (χ1) is 7.42. The Morgan fingerprint density at radius 3 is 1.25 bits per heavy atom. The zero-order chi connectivity index (χ0) is 12.7. The highest BCUT2D eigenvalue weighted by molar-refractivity contribution is 8.14. The Morgan fingerprint density at radius 1 is 0.750 bits per heavy atom. The molecule has 0 rings (SSSR count). The highest BCUT2D eigenvalue weighted by atomic mass is 32.2. The molecule has 4 heteroatoms. The first-order valence-corrected chi connectivity index (χ1v) is 7.96. The van der Waals surface area contributed by atoms with Gasteiger partial charge in [0.25, 0.3) is 0 Å². The van der Waals surface area contributed by atoms with E-state index in [2.05, 4.69) is 57.1 Å². The fourth-order valence-electron chi connectivity index (χ4n) is 1.52. The largest absolute Gasteiger partial charge is 0.247 e. The van der Waals surface area contributed by atoms with E-state index in [1.807, 2.05) is 23.9 Å². The molecule has 0 aromatic heterocycles. The van der Waals surface area contributed by atoms with E-state index < -0.39 is 0 Å². The highest BCUT2D eigenvalue weighted by Gasteiger charge is 2.17. The summed E-state index contributed by atoms with van der Waals surface area (Å²) in [5.41, 5.74) is 0. The normalized spacial score (nSPS) is 12.8. The third-order valence-corrected chi connectivity index (χ3v) is 5.35. The summed E-state index contributed by atoms with van der Waals surface area (Å²) in [5.74, 6) is 0. The van der Waals surface area contributed by atoms with Gasteiger partial charge in [0.2, 0.25) is 0 Å². The van der Waals surface area contributed by atoms with Gasteiger partial charge in [0.1, 0.15) is 0 Å². The van der Waals surface area contributed by atoms with Gasteiger partial charge >= 0.3 is 0 Å². The van der Waals surface area contributed by atoms with E-state index in [1.165, 1.54) is 0 Å². The van der Waals surface area contributed by atoms with E-state index in [1.54, 1.807) is 0 Å². The molecule has 0 atom stereocenters. The SMILES string of the molecule is CCN(SC(C)SN(CC)C(C)C)C(C)C. The molecule has 2 nitrogen and oxygen atoms in total. The third-order valence-electron chi connectivity index (χ3n) is 2.34. The maximum absolute atomic E-state index is 2.45. The second kappa shape index (κ2) is 8.67. The van der Waals surface area contributed by atoms with Gasteiger partial charge in [-0.1, -0.05) is 37.7 Å². The molecule has 0 N–H and O–H groups in total. The smallest absolute Gasteiger partial charge is 0.0768 e. The minimum Gasteiger partial charge on any atom is -0.247 e. The van der Waals surface area contributed by atoms with Crippen LogP contribution >= 0.6 is 23.9 Å². The molecule has 0 radical (unpaired) electrons. The van der Waals surface area contributed by atoms with E-state index in [0.717, 1.165) is 13.1 Å². The van der Waals surface area contributed by atoms with Crippen molar-refractivity contribution >= 4 is 23.9 Å². The lowest BCUT2D eigenvalue weighted by atomic mass is 10.4. The molecule has 0 aliphatic rings. The summed E-state index contributed by atoms with van der Waals surface area (Å²) in [7, 11) is 0. The van der Waals surface area contributed by atoms with Crippen molar-refractivity contribution in [3.05, 3.63) is 0 Å². The summed E-state index contributed by atoms with van der Waals surface area (Å²) in [4.78, 5) is 0. The van der Waals surface area contributed by atoms with E-state index in [4.69, 9.17) is 0 Å². The summed E-state index contributed by atoms with van der Waals surface area (Å²) < 4.78 is 5.49. The van der Waals surface area contributed by atoms with Crippen LogP contribution in [0.1, 0.15) is 48.5 Å². The molecule has 0 aliphatic heterocycles. The van der Waals surface area contributed by atoms with Crippen molar-refractivity contribution in [1.82, 2.24) is 8.61 Å². The van der Waals surface area contributed by atoms with Gasteiger partial charge in [0, 0.05) is 25.2 Å². The van der Waals surface area contributed by atoms with Gasteiger partial charge in [-0.25, -0.2) is 8.61 Å². The summed E-state index contributed by atoms with van der Waals surface area (Å²) in [6.45, 7) is 18.0. The maximum Gasteiger partial charge on any atom is 0.0768 e. The number of hydrogen-bond donors (Lipinski definition) is 0. The van der Waals surface area contributed by atoms with Crippen LogP contribution < -0.4 is 0 Å². The highest BCUT2D eigenvalue weighted by Crippen LogP contribution is 2.31. The van der Waals surface area contributed by atoms with Crippen LogP contribution in [0, 0.1) is 0 Å². The first-order valence-electron chi connectivity index (χ1n) is 6.29. The standard InChI is InChI=1S/C12H28N2S2/c1-8-13(10(3)4)15-12(7)16-14(9-2)11(5)6/h10-12H,8-9H2,1-7H3. The molecule has 0 heterocycles. The lowest BCUT2D eigenvalue weighted by Gasteiger charge is -2.30. The third kappa shape index (κ3) is 6.38. The van der Waals surface area contributed by atoms with Crippen molar-refractivity contribution in [3.8, 4) is 0 Å². The topological polar surface area (TPSA) is 6.48 Å². The predicted octanol–water partition coefficient (Wildman–Crippen LogP) is 4.09. The Hall–Kier alpha value is 0.620. The Labute approximate surface area is 111 Å². The van der Waals surface area contributed by atoms with Crippen LogP contribution in [-0.4, -0.2) is 38.4 Å². The summed E-state index contributed by atoms with van der Waals surface area (Å²) in [6.07, 6.45) is 0. The minimum atomic E-state index is 0.588. The lowest BCUT2D eigenvalue weighted by Crippen LogP contribution is -2.29. The van der Waals surface area contributed by atoms with Gasteiger partial charge in [-0.2, -0.15) is 0 Å². The molecule has 0 fully saturated rings. The molecule has 0 amide bonds. The van der Waals surface area contributed by atoms with Crippen LogP contribution in [0.2, 0.25) is 0 Å². The summed E-state index contributed by atoms with van der Waals surface area (Å²) >= 11 is 3.94. The van der Waals surface area contributed by atoms with Crippen molar-refractivity contribution in [2.75, 3.05) is 13.1 Å². The van der Waals surface area contributed by atoms with Crippen LogP contribution in [0.15, 0.2) is 0 Å². The second-order valence-electron chi connectivity index (χ2n) is 4.43. The molecule has 0 unspecified atom stereocenters. The van der Waals surface area contributed by atoms with Crippen LogP contribution in [0.3, 0.4) is 0 Å². The molecule has 98 valence electrons. The monoisotopic (exact) mass is 264 g/mol. The Balaban J connectivity index is 4.09. The van der Waals surface area contributed by atoms with E-state index in [9.17, 15) is 0 Å². The minimum absolute atomic E-state index is 0.588. The van der Waals surface area contributed by atoms with Gasteiger partial charge in [0.15, 0.2) is 0 Å². The molecule has 16 heavy (non-hydrogen) atoms. The predicted molar refractivity (Wildman–Crippen MR) is 79.7 cm³/mol. The summed E-state index contributed by atoms with van der Waals surface area (Å²) in [5, 5.41) is 0. The van der Waals surface area contributed by atoms with Crippen LogP contribution in [0.5, 0.6) is 0 Å². The Kier molecular flexibility index (Phi) is 9.01. The number of nitrogens with zero attached hydrogens (tertiary/aromatic N) is 2. The van der Waals surface area contributed by atoms with Crippen LogP contribution in [-0.2, 0) is 0 Å². The summed E-state index contributed by atoms with van der Waals surface area (Å²) in [6, 6.07) is 1.24. The lowest BCUT2D eigenvalue weighted by molar-refractivity contribution is 0.410. The zero-order valence-corrected chi connectivity index (χ0v) is 13.5. The van der Waals surface area contributed by atoms with Gasteiger partial charge in [0.05, 0.1) is 4.58 Å². The number of rotatable bonds is 8. The molecule has 0 saturated carbocycles. The van der Waals surface area contributed by atoms with E-state index in [-0.39, 0.29) is 0 Å². The van der Waals surface area contributed by atoms with Gasteiger partial charge < -0.3 is 0 Å². The van der Waals surface area contributed by atoms with E-state index >= 15 is 0 Å². The van der Waals surface area contributed by atoms with Gasteiger partial charge in [-0.3, -0.25) is 0 Å². The molecule has 0 saturated heterocycles. The maximum atomic E-state index is 2.45. The molecular formula is C12H28N2S2. The molecule has 0 aromatic carbocycles. The van der Waals surface area contributed by atoms with E-state index in [0.29, 0.717) is 16.7 Å². The van der Waals surface area contributed by atoms with Crippen LogP contribution in [0.4, 0.5) is 0 Å². The molecule has 0 bridgehead atoms. The van der Waals surface area contributed by atoms with Crippen molar-refractivity contribution < 1.29 is 0 Å². The van der Waals surface area contributed by atoms with Crippen molar-refractivity contribution in [2.24, 2.45) is 0 Å². The number of hydrogen-bond acceptors (Lipinski definition) is 4. The molecular weight excluding hydrogens is 236 g/mol. The fourth-order valence-corrected chi connectivity index (χ4v) is 3.89. The van der Waals surface area contributed by atoms with Crippen molar-refractivity contribution in [3.63, 3.8) is 0 Å². The van der Waals surface area contributed by atoms with Crippen molar-refractivity contribution in [1.29, 1.82) is 0 Å². The average Bonchev–Trinajstić information content (AvgIpc) is 2.21. The zero-order valence-electron chi connectivity index (χ0n) is 11.9. The fraction of sp³-hybridized carbons (Fsp3) is 1.00. The molecule has 0 spiro atoms. The second-order valence-corrected chi connectivity index (χ2v) is 7.50. The quantitative estimate of drug-likeness (QED) is 0.481. The average molecular weight is 265 g/mol. The Morgan fingerprint density at radius 2 is 1.06 bits per heavy atom. The first kappa shape index (κ1) is 16.6.